The Kier molecular flexibility index (Phi) is 7.52. The highest BCUT2D eigenvalue weighted by molar-refractivity contribution is 5.94. The monoisotopic (exact) mass is 385 g/mol. The predicted octanol–water partition coefficient (Wildman–Crippen LogP) is 4.09. The van der Waals surface area contributed by atoms with Crippen LogP contribution >= 0.6 is 0 Å². The van der Waals surface area contributed by atoms with Crippen molar-refractivity contribution in [2.75, 3.05) is 19.0 Å². The lowest BCUT2D eigenvalue weighted by molar-refractivity contribution is -0.384. The number of carbonyl (C=O) groups is 1. The van der Waals surface area contributed by atoms with Gasteiger partial charge in [-0.05, 0) is 29.5 Å². The van der Waals surface area contributed by atoms with Crippen molar-refractivity contribution in [3.8, 4) is 5.75 Å². The van der Waals surface area contributed by atoms with Crippen LogP contribution in [0.3, 0.4) is 0 Å². The van der Waals surface area contributed by atoms with E-state index in [1.807, 2.05) is 0 Å². The zero-order valence-electron chi connectivity index (χ0n) is 16.7. The Hall–Kier alpha value is -2.93. The Balaban J connectivity index is 2.07. The van der Waals surface area contributed by atoms with E-state index in [0.29, 0.717) is 5.75 Å². The quantitative estimate of drug-likeness (QED) is 0.501. The van der Waals surface area contributed by atoms with Crippen molar-refractivity contribution in [3.63, 3.8) is 0 Å². The fourth-order valence-electron chi connectivity index (χ4n) is 3.00. The number of methoxy groups -OCH3 is 1. The van der Waals surface area contributed by atoms with Gasteiger partial charge in [0.05, 0.1) is 24.3 Å². The smallest absolute Gasteiger partial charge is 0.271 e. The number of nitro groups is 1. The average Bonchev–Trinajstić information content (AvgIpc) is 2.68. The standard InChI is InChI=1S/C21H27N3O4/c1-5-15-6-8-16(9-7-15)21(14(2)3)22-13-20(25)23-18-12-17(24(26)27)10-11-19(18)28-4/h6-12,14,21-22H,5,13H2,1-4H3,(H,23,25)/t21-/m1/s1. The molecule has 7 heteroatoms. The summed E-state index contributed by atoms with van der Waals surface area (Å²) in [5.74, 6) is 0.358. The molecule has 1 atom stereocenters. The SMILES string of the molecule is CCc1ccc([C@H](NCC(=O)Nc2cc([N+](=O)[O-])ccc2OC)C(C)C)cc1. The second-order valence-corrected chi connectivity index (χ2v) is 6.89. The van der Waals surface area contributed by atoms with Crippen LogP contribution in [0.2, 0.25) is 0 Å². The number of nitrogens with one attached hydrogen (secondary N) is 2. The van der Waals surface area contributed by atoms with E-state index in [1.165, 1.54) is 30.9 Å². The Morgan fingerprint density at radius 1 is 1.18 bits per heavy atom. The van der Waals surface area contributed by atoms with E-state index in [1.54, 1.807) is 0 Å². The summed E-state index contributed by atoms with van der Waals surface area (Å²) in [5, 5.41) is 16.9. The van der Waals surface area contributed by atoms with Crippen molar-refractivity contribution >= 4 is 17.3 Å². The summed E-state index contributed by atoms with van der Waals surface area (Å²) in [7, 11) is 1.45. The summed E-state index contributed by atoms with van der Waals surface area (Å²) < 4.78 is 5.18. The van der Waals surface area contributed by atoms with Gasteiger partial charge in [-0.3, -0.25) is 14.9 Å². The van der Waals surface area contributed by atoms with E-state index in [2.05, 4.69) is 55.7 Å². The van der Waals surface area contributed by atoms with Gasteiger partial charge in [0.1, 0.15) is 5.75 Å². The van der Waals surface area contributed by atoms with E-state index >= 15 is 0 Å². The van der Waals surface area contributed by atoms with Gasteiger partial charge >= 0.3 is 0 Å². The molecular formula is C21H27N3O4. The summed E-state index contributed by atoms with van der Waals surface area (Å²) >= 11 is 0. The number of anilines is 1. The highest BCUT2D eigenvalue weighted by Gasteiger charge is 2.18. The van der Waals surface area contributed by atoms with Gasteiger partial charge in [0.2, 0.25) is 5.91 Å². The van der Waals surface area contributed by atoms with E-state index in [4.69, 9.17) is 4.74 Å². The molecule has 0 fully saturated rings. The molecule has 0 bridgehead atoms. The molecule has 7 nitrogen and oxygen atoms in total. The minimum absolute atomic E-state index is 0.0173. The van der Waals surface area contributed by atoms with Crippen molar-refractivity contribution in [2.24, 2.45) is 5.92 Å². The first-order chi connectivity index (χ1) is 13.3. The maximum absolute atomic E-state index is 12.4. The number of hydrogen-bond acceptors (Lipinski definition) is 5. The van der Waals surface area contributed by atoms with Gasteiger partial charge in [0, 0.05) is 18.2 Å². The Morgan fingerprint density at radius 2 is 1.86 bits per heavy atom. The Bertz CT molecular complexity index is 819. The van der Waals surface area contributed by atoms with Gasteiger partial charge in [0.15, 0.2) is 0 Å². The van der Waals surface area contributed by atoms with Crippen molar-refractivity contribution in [1.29, 1.82) is 0 Å². The molecule has 2 N–H and O–H groups in total. The summed E-state index contributed by atoms with van der Waals surface area (Å²) in [6.07, 6.45) is 0.980. The highest BCUT2D eigenvalue weighted by Crippen LogP contribution is 2.29. The molecule has 2 aromatic carbocycles. The molecule has 0 aliphatic heterocycles. The molecular weight excluding hydrogens is 358 g/mol. The van der Waals surface area contributed by atoms with Crippen LogP contribution in [0, 0.1) is 16.0 Å². The van der Waals surface area contributed by atoms with Crippen LogP contribution in [0.4, 0.5) is 11.4 Å². The van der Waals surface area contributed by atoms with Crippen molar-refractivity contribution in [3.05, 3.63) is 63.7 Å². The molecule has 0 unspecified atom stereocenters. The van der Waals surface area contributed by atoms with E-state index in [9.17, 15) is 14.9 Å². The van der Waals surface area contributed by atoms with Crippen molar-refractivity contribution in [1.82, 2.24) is 5.32 Å². The third-order valence-corrected chi connectivity index (χ3v) is 4.56. The van der Waals surface area contributed by atoms with Crippen LogP contribution in [-0.4, -0.2) is 24.5 Å². The molecule has 0 radical (unpaired) electrons. The van der Waals surface area contributed by atoms with E-state index in [0.717, 1.165) is 12.0 Å². The molecule has 2 aromatic rings. The molecule has 0 saturated heterocycles. The van der Waals surface area contributed by atoms with Crippen LogP contribution in [0.1, 0.15) is 37.9 Å². The van der Waals surface area contributed by atoms with Gasteiger partial charge in [-0.1, -0.05) is 45.0 Å². The molecule has 0 aromatic heterocycles. The van der Waals surface area contributed by atoms with Crippen LogP contribution in [0.15, 0.2) is 42.5 Å². The van der Waals surface area contributed by atoms with Crippen molar-refractivity contribution < 1.29 is 14.5 Å². The molecule has 150 valence electrons. The van der Waals surface area contributed by atoms with Crippen LogP contribution < -0.4 is 15.4 Å². The summed E-state index contributed by atoms with van der Waals surface area (Å²) in [6, 6.07) is 12.5. The van der Waals surface area contributed by atoms with Crippen LogP contribution in [0.5, 0.6) is 5.75 Å². The van der Waals surface area contributed by atoms with Gasteiger partial charge in [-0.15, -0.1) is 0 Å². The fourth-order valence-corrected chi connectivity index (χ4v) is 3.00. The molecule has 28 heavy (non-hydrogen) atoms. The topological polar surface area (TPSA) is 93.5 Å². The fraction of sp³-hybridized carbons (Fsp3) is 0.381. The van der Waals surface area contributed by atoms with Gasteiger partial charge in [-0.25, -0.2) is 0 Å². The molecule has 0 heterocycles. The zero-order chi connectivity index (χ0) is 20.7. The molecule has 0 saturated carbocycles. The summed E-state index contributed by atoms with van der Waals surface area (Å²) in [4.78, 5) is 22.9. The average molecular weight is 385 g/mol. The number of amides is 1. The normalized spacial score (nSPS) is 11.9. The Morgan fingerprint density at radius 3 is 2.39 bits per heavy atom. The third kappa shape index (κ3) is 5.53. The first-order valence-corrected chi connectivity index (χ1v) is 9.30. The van der Waals surface area contributed by atoms with Crippen LogP contribution in [-0.2, 0) is 11.2 Å². The molecule has 0 aliphatic carbocycles. The number of non-ortho nitro benzene ring substituents is 1. The minimum atomic E-state index is -0.512. The lowest BCUT2D eigenvalue weighted by Gasteiger charge is -2.23. The zero-order valence-corrected chi connectivity index (χ0v) is 16.7. The summed E-state index contributed by atoms with van der Waals surface area (Å²) in [6.45, 7) is 6.36. The molecule has 2 rings (SSSR count). The number of benzene rings is 2. The number of hydrogen-bond donors (Lipinski definition) is 2. The number of nitro benzene ring substituents is 1. The van der Waals surface area contributed by atoms with Crippen molar-refractivity contribution in [2.45, 2.75) is 33.2 Å². The second-order valence-electron chi connectivity index (χ2n) is 6.89. The highest BCUT2D eigenvalue weighted by atomic mass is 16.6. The molecule has 0 aliphatic rings. The van der Waals surface area contributed by atoms with E-state index < -0.39 is 4.92 Å². The first kappa shape index (κ1) is 21.4. The second kappa shape index (κ2) is 9.85. The number of rotatable bonds is 9. The van der Waals surface area contributed by atoms with E-state index in [-0.39, 0.29) is 35.8 Å². The maximum atomic E-state index is 12.4. The predicted molar refractivity (Wildman–Crippen MR) is 110 cm³/mol. The van der Waals surface area contributed by atoms with Gasteiger partial charge in [-0.2, -0.15) is 0 Å². The summed E-state index contributed by atoms with van der Waals surface area (Å²) in [5.41, 5.74) is 2.55. The molecule has 0 spiro atoms. The molecule has 1 amide bonds. The lowest BCUT2D eigenvalue weighted by atomic mass is 9.95. The lowest BCUT2D eigenvalue weighted by Crippen LogP contribution is -2.33. The maximum Gasteiger partial charge on any atom is 0.271 e. The number of aryl methyl sites for hydroxylation is 1. The third-order valence-electron chi connectivity index (χ3n) is 4.56. The largest absolute Gasteiger partial charge is 0.495 e. The Labute approximate surface area is 165 Å². The minimum Gasteiger partial charge on any atom is -0.495 e. The number of ether oxygens (including phenoxy) is 1. The first-order valence-electron chi connectivity index (χ1n) is 9.30. The number of nitrogens with zero attached hydrogens (tertiary/aromatic N) is 1. The van der Waals surface area contributed by atoms with Gasteiger partial charge in [0.25, 0.3) is 5.69 Å². The van der Waals surface area contributed by atoms with Gasteiger partial charge < -0.3 is 15.4 Å². The number of carbonyl (C=O) groups excluding carboxylic acids is 1. The van der Waals surface area contributed by atoms with Crippen LogP contribution in [0.25, 0.3) is 0 Å².